The molecule has 0 saturated heterocycles. The van der Waals surface area contributed by atoms with Gasteiger partial charge < -0.3 is 4.74 Å². The van der Waals surface area contributed by atoms with Crippen LogP contribution in [0, 0.1) is 41.1 Å². The molecule has 2 aromatic carbocycles. The second-order valence-corrected chi connectivity index (χ2v) is 11.7. The fourth-order valence-electron chi connectivity index (χ4n) is 6.78. The monoisotopic (exact) mass is 502 g/mol. The van der Waals surface area contributed by atoms with E-state index in [9.17, 15) is 13.2 Å². The molecule has 4 rings (SSSR count). The molecule has 0 amide bonds. The van der Waals surface area contributed by atoms with Gasteiger partial charge in [0.15, 0.2) is 23.2 Å². The van der Waals surface area contributed by atoms with E-state index in [4.69, 9.17) is 4.74 Å². The van der Waals surface area contributed by atoms with Crippen molar-refractivity contribution in [3.05, 3.63) is 41.2 Å². The average molecular weight is 503 g/mol. The quantitative estimate of drug-likeness (QED) is 0.297. The number of halogens is 3. The van der Waals surface area contributed by atoms with Crippen LogP contribution in [-0.4, -0.2) is 6.61 Å². The molecule has 0 unspecified atom stereocenters. The number of hydrogen-bond acceptors (Lipinski definition) is 1. The highest BCUT2D eigenvalue weighted by Gasteiger charge is 2.25. The first-order chi connectivity index (χ1) is 17.5. The van der Waals surface area contributed by atoms with Crippen molar-refractivity contribution in [1.29, 1.82) is 0 Å². The Balaban J connectivity index is 1.25. The minimum Gasteiger partial charge on any atom is -0.491 e. The van der Waals surface area contributed by atoms with Gasteiger partial charge >= 0.3 is 0 Å². The molecule has 0 aliphatic heterocycles. The molecule has 0 spiro atoms. The summed E-state index contributed by atoms with van der Waals surface area (Å²) in [5.74, 6) is 0.528. The zero-order valence-electron chi connectivity index (χ0n) is 22.4. The Labute approximate surface area is 216 Å². The molecule has 2 aromatic rings. The Morgan fingerprint density at radius 2 is 1.22 bits per heavy atom. The normalized spacial score (nSPS) is 24.8. The minimum atomic E-state index is -1.09. The standard InChI is InChI=1S/C32H45F3O/c1-3-5-22-6-8-23(9-7-22)10-11-24-12-14-25(15-13-24)16-17-27-21-26-18-19-28(36-20-4-2)31(34)29(26)32(35)30(27)33/h18-19,21-25H,3-17,20H2,1-2H3. The first-order valence-corrected chi connectivity index (χ1v) is 14.7. The van der Waals surface area contributed by atoms with Crippen molar-refractivity contribution in [2.75, 3.05) is 6.61 Å². The second kappa shape index (κ2) is 13.2. The summed E-state index contributed by atoms with van der Waals surface area (Å²) in [5.41, 5.74) is 0.363. The van der Waals surface area contributed by atoms with Crippen LogP contribution < -0.4 is 4.74 Å². The van der Waals surface area contributed by atoms with Crippen LogP contribution in [0.2, 0.25) is 0 Å². The van der Waals surface area contributed by atoms with E-state index in [-0.39, 0.29) is 11.1 Å². The molecule has 0 heterocycles. The van der Waals surface area contributed by atoms with Crippen LogP contribution in [0.3, 0.4) is 0 Å². The predicted molar refractivity (Wildman–Crippen MR) is 143 cm³/mol. The Bertz CT molecular complexity index is 971. The molecule has 36 heavy (non-hydrogen) atoms. The number of rotatable bonds is 11. The maximum Gasteiger partial charge on any atom is 0.175 e. The Hall–Kier alpha value is -1.71. The molecule has 0 atom stereocenters. The van der Waals surface area contributed by atoms with E-state index in [1.165, 1.54) is 83.1 Å². The minimum absolute atomic E-state index is 0.0173. The van der Waals surface area contributed by atoms with Gasteiger partial charge in [-0.25, -0.2) is 13.2 Å². The van der Waals surface area contributed by atoms with Crippen LogP contribution in [0.4, 0.5) is 13.2 Å². The van der Waals surface area contributed by atoms with Crippen molar-refractivity contribution < 1.29 is 17.9 Å². The maximum absolute atomic E-state index is 14.9. The average Bonchev–Trinajstić information content (AvgIpc) is 2.90. The van der Waals surface area contributed by atoms with Crippen LogP contribution in [0.1, 0.15) is 109 Å². The van der Waals surface area contributed by atoms with E-state index in [0.29, 0.717) is 29.9 Å². The molecule has 0 bridgehead atoms. The third kappa shape index (κ3) is 6.78. The van der Waals surface area contributed by atoms with Crippen molar-refractivity contribution >= 4 is 10.8 Å². The van der Waals surface area contributed by atoms with Gasteiger partial charge in [-0.1, -0.05) is 97.0 Å². The van der Waals surface area contributed by atoms with Gasteiger partial charge in [0, 0.05) is 0 Å². The van der Waals surface area contributed by atoms with Gasteiger partial charge in [0.25, 0.3) is 0 Å². The van der Waals surface area contributed by atoms with Gasteiger partial charge in [-0.05, 0) is 66.0 Å². The van der Waals surface area contributed by atoms with Crippen molar-refractivity contribution in [3.8, 4) is 5.75 Å². The van der Waals surface area contributed by atoms with Gasteiger partial charge in [0.1, 0.15) is 0 Å². The Morgan fingerprint density at radius 3 is 1.78 bits per heavy atom. The number of ether oxygens (including phenoxy) is 1. The number of aryl methyl sites for hydroxylation is 1. The third-order valence-electron chi connectivity index (χ3n) is 9.06. The summed E-state index contributed by atoms with van der Waals surface area (Å²) >= 11 is 0. The molecule has 2 saturated carbocycles. The topological polar surface area (TPSA) is 9.23 Å². The number of benzene rings is 2. The smallest absolute Gasteiger partial charge is 0.175 e. The summed E-state index contributed by atoms with van der Waals surface area (Å²) in [7, 11) is 0. The van der Waals surface area contributed by atoms with Crippen LogP contribution >= 0.6 is 0 Å². The Morgan fingerprint density at radius 1 is 0.667 bits per heavy atom. The van der Waals surface area contributed by atoms with E-state index in [2.05, 4.69) is 6.92 Å². The van der Waals surface area contributed by atoms with Gasteiger partial charge in [0.2, 0.25) is 0 Å². The molecule has 0 N–H and O–H groups in total. The Kier molecular flexibility index (Phi) is 10.0. The van der Waals surface area contributed by atoms with Gasteiger partial charge in [-0.3, -0.25) is 0 Å². The van der Waals surface area contributed by atoms with Crippen LogP contribution in [-0.2, 0) is 6.42 Å². The molecule has 4 heteroatoms. The zero-order chi connectivity index (χ0) is 25.5. The summed E-state index contributed by atoms with van der Waals surface area (Å²) in [4.78, 5) is 0. The molecule has 2 aliphatic carbocycles. The van der Waals surface area contributed by atoms with Crippen LogP contribution in [0.15, 0.2) is 18.2 Å². The first kappa shape index (κ1) is 27.3. The van der Waals surface area contributed by atoms with E-state index in [1.54, 1.807) is 12.1 Å². The van der Waals surface area contributed by atoms with Crippen molar-refractivity contribution in [2.24, 2.45) is 23.7 Å². The molecule has 0 aromatic heterocycles. The summed E-state index contributed by atoms with van der Waals surface area (Å²) in [6.45, 7) is 4.56. The summed E-state index contributed by atoms with van der Waals surface area (Å²) in [6.07, 6.45) is 18.3. The highest BCUT2D eigenvalue weighted by atomic mass is 19.2. The lowest BCUT2D eigenvalue weighted by Gasteiger charge is -2.32. The largest absolute Gasteiger partial charge is 0.491 e. The van der Waals surface area contributed by atoms with Crippen molar-refractivity contribution in [3.63, 3.8) is 0 Å². The van der Waals surface area contributed by atoms with Gasteiger partial charge in [-0.15, -0.1) is 0 Å². The summed E-state index contributed by atoms with van der Waals surface area (Å²) in [5, 5.41) is 0.0990. The fourth-order valence-corrected chi connectivity index (χ4v) is 6.78. The van der Waals surface area contributed by atoms with Crippen molar-refractivity contribution in [1.82, 2.24) is 0 Å². The first-order valence-electron chi connectivity index (χ1n) is 14.7. The van der Waals surface area contributed by atoms with Crippen molar-refractivity contribution in [2.45, 2.75) is 110 Å². The number of fused-ring (bicyclic) bond motifs is 1. The molecule has 0 radical (unpaired) electrons. The fraction of sp³-hybridized carbons (Fsp3) is 0.688. The highest BCUT2D eigenvalue weighted by molar-refractivity contribution is 5.86. The highest BCUT2D eigenvalue weighted by Crippen LogP contribution is 2.39. The second-order valence-electron chi connectivity index (χ2n) is 11.7. The molecular weight excluding hydrogens is 457 g/mol. The van der Waals surface area contributed by atoms with Gasteiger partial charge in [-0.2, -0.15) is 0 Å². The third-order valence-corrected chi connectivity index (χ3v) is 9.06. The SMILES string of the molecule is CCCOc1ccc2cc(CCC3CCC(CCC4CCC(CCC)CC4)CC3)c(F)c(F)c2c1F. The maximum atomic E-state index is 14.9. The molecule has 1 nitrogen and oxygen atoms in total. The van der Waals surface area contributed by atoms with Gasteiger partial charge in [0.05, 0.1) is 12.0 Å². The molecule has 2 fully saturated rings. The number of hydrogen-bond donors (Lipinski definition) is 0. The van der Waals surface area contributed by atoms with Crippen LogP contribution in [0.5, 0.6) is 5.75 Å². The van der Waals surface area contributed by atoms with E-state index < -0.39 is 17.5 Å². The lowest BCUT2D eigenvalue weighted by atomic mass is 9.74. The zero-order valence-corrected chi connectivity index (χ0v) is 22.4. The van der Waals surface area contributed by atoms with Crippen LogP contribution in [0.25, 0.3) is 10.8 Å². The predicted octanol–water partition coefficient (Wildman–Crippen LogP) is 10.2. The molecule has 200 valence electrons. The summed E-state index contributed by atoms with van der Waals surface area (Å²) in [6, 6.07) is 4.78. The lowest BCUT2D eigenvalue weighted by molar-refractivity contribution is 0.209. The van der Waals surface area contributed by atoms with E-state index in [0.717, 1.165) is 30.6 Å². The van der Waals surface area contributed by atoms with E-state index >= 15 is 0 Å². The van der Waals surface area contributed by atoms with E-state index in [1.807, 2.05) is 6.92 Å². The summed E-state index contributed by atoms with van der Waals surface area (Å²) < 4.78 is 49.9. The molecular formula is C32H45F3O. The lowest BCUT2D eigenvalue weighted by Crippen LogP contribution is -2.18. The molecule has 2 aliphatic rings.